The Morgan fingerprint density at radius 3 is 2.75 bits per heavy atom. The van der Waals surface area contributed by atoms with Crippen molar-refractivity contribution < 1.29 is 4.79 Å². The Hall–Kier alpha value is -3.68. The van der Waals surface area contributed by atoms with Gasteiger partial charge in [0.05, 0.1) is 35.3 Å². The van der Waals surface area contributed by atoms with E-state index in [1.54, 1.807) is 12.4 Å². The topological polar surface area (TPSA) is 89.7 Å². The third-order valence-electron chi connectivity index (χ3n) is 4.57. The van der Waals surface area contributed by atoms with E-state index >= 15 is 0 Å². The molecule has 0 saturated heterocycles. The van der Waals surface area contributed by atoms with Gasteiger partial charge in [-0.05, 0) is 38.1 Å². The summed E-state index contributed by atoms with van der Waals surface area (Å²) < 4.78 is 3.77. The maximum Gasteiger partial charge on any atom is 0.319 e. The molecule has 8 heteroatoms. The number of anilines is 1. The van der Waals surface area contributed by atoms with Crippen molar-refractivity contribution in [1.29, 1.82) is 0 Å². The summed E-state index contributed by atoms with van der Waals surface area (Å²) in [5.74, 6) is 0.755. The van der Waals surface area contributed by atoms with Gasteiger partial charge >= 0.3 is 6.03 Å². The standard InChI is InChI=1S/C20H21N7O/c1-13-10-14(2)27(25-13)18-7-5-4-6-15(18)24-20(28)22-12-19-23-16-11-21-9-8-17(16)26(19)3/h4-11H,12H2,1-3H3,(H2,22,24,28). The van der Waals surface area contributed by atoms with Crippen LogP contribution < -0.4 is 10.6 Å². The lowest BCUT2D eigenvalue weighted by Crippen LogP contribution is -2.29. The molecule has 0 saturated carbocycles. The Morgan fingerprint density at radius 1 is 1.18 bits per heavy atom. The quantitative estimate of drug-likeness (QED) is 0.574. The number of aryl methyl sites for hydroxylation is 3. The average Bonchev–Trinajstić information content (AvgIpc) is 3.19. The Bertz CT molecular complexity index is 1160. The first-order valence-electron chi connectivity index (χ1n) is 8.96. The van der Waals surface area contributed by atoms with Crippen LogP contribution in [0.1, 0.15) is 17.2 Å². The predicted molar refractivity (Wildman–Crippen MR) is 107 cm³/mol. The highest BCUT2D eigenvalue weighted by atomic mass is 16.2. The van der Waals surface area contributed by atoms with Crippen LogP contribution in [-0.2, 0) is 13.6 Å². The summed E-state index contributed by atoms with van der Waals surface area (Å²) >= 11 is 0. The number of hydrogen-bond donors (Lipinski definition) is 2. The van der Waals surface area contributed by atoms with Gasteiger partial charge in [0.15, 0.2) is 0 Å². The van der Waals surface area contributed by atoms with Gasteiger partial charge in [-0.25, -0.2) is 14.5 Å². The van der Waals surface area contributed by atoms with Crippen LogP contribution in [-0.4, -0.2) is 30.3 Å². The molecule has 0 aliphatic carbocycles. The number of benzene rings is 1. The summed E-state index contributed by atoms with van der Waals surface area (Å²) in [5.41, 5.74) is 5.20. The first-order valence-corrected chi connectivity index (χ1v) is 8.96. The van der Waals surface area contributed by atoms with Crippen LogP contribution in [0.4, 0.5) is 10.5 Å². The van der Waals surface area contributed by atoms with Crippen LogP contribution in [0, 0.1) is 13.8 Å². The lowest BCUT2D eigenvalue weighted by Gasteiger charge is -2.13. The summed E-state index contributed by atoms with van der Waals surface area (Å²) in [4.78, 5) is 21.1. The monoisotopic (exact) mass is 375 g/mol. The minimum absolute atomic E-state index is 0.305. The molecule has 28 heavy (non-hydrogen) atoms. The Labute approximate surface area is 162 Å². The van der Waals surface area contributed by atoms with E-state index in [1.807, 2.05) is 66.5 Å². The van der Waals surface area contributed by atoms with Gasteiger partial charge in [-0.15, -0.1) is 0 Å². The summed E-state index contributed by atoms with van der Waals surface area (Å²) in [6.45, 7) is 4.23. The minimum atomic E-state index is -0.306. The normalized spacial score (nSPS) is 11.0. The maximum atomic E-state index is 12.5. The van der Waals surface area contributed by atoms with Gasteiger partial charge in [0.1, 0.15) is 11.3 Å². The number of fused-ring (bicyclic) bond motifs is 1. The number of amides is 2. The first kappa shape index (κ1) is 17.7. The largest absolute Gasteiger partial charge is 0.331 e. The molecule has 0 aliphatic heterocycles. The van der Waals surface area contributed by atoms with Crippen molar-refractivity contribution in [1.82, 2.24) is 29.6 Å². The summed E-state index contributed by atoms with van der Waals surface area (Å²) in [6, 6.07) is 11.2. The Morgan fingerprint density at radius 2 is 2.00 bits per heavy atom. The molecule has 0 fully saturated rings. The highest BCUT2D eigenvalue weighted by molar-refractivity contribution is 5.91. The molecule has 2 amide bonds. The Kier molecular flexibility index (Phi) is 4.52. The number of hydrogen-bond acceptors (Lipinski definition) is 4. The molecule has 142 valence electrons. The second kappa shape index (κ2) is 7.15. The summed E-state index contributed by atoms with van der Waals surface area (Å²) in [6.07, 6.45) is 3.44. The zero-order valence-corrected chi connectivity index (χ0v) is 16.0. The number of carbonyl (C=O) groups is 1. The lowest BCUT2D eigenvalue weighted by molar-refractivity contribution is 0.251. The molecule has 0 atom stereocenters. The van der Waals surface area contributed by atoms with E-state index in [0.717, 1.165) is 33.9 Å². The van der Waals surface area contributed by atoms with Crippen LogP contribution >= 0.6 is 0 Å². The van der Waals surface area contributed by atoms with Gasteiger partial charge in [0, 0.05) is 18.9 Å². The second-order valence-electron chi connectivity index (χ2n) is 6.62. The number of nitrogens with zero attached hydrogens (tertiary/aromatic N) is 5. The maximum absolute atomic E-state index is 12.5. The van der Waals surface area contributed by atoms with Gasteiger partial charge in [0.25, 0.3) is 0 Å². The van der Waals surface area contributed by atoms with Gasteiger partial charge in [-0.2, -0.15) is 5.10 Å². The van der Waals surface area contributed by atoms with Gasteiger partial charge in [-0.1, -0.05) is 12.1 Å². The minimum Gasteiger partial charge on any atom is -0.331 e. The van der Waals surface area contributed by atoms with E-state index < -0.39 is 0 Å². The van der Waals surface area contributed by atoms with E-state index in [-0.39, 0.29) is 6.03 Å². The molecule has 0 unspecified atom stereocenters. The van der Waals surface area contributed by atoms with Crippen molar-refractivity contribution in [3.05, 3.63) is 66.0 Å². The number of para-hydroxylation sites is 2. The van der Waals surface area contributed by atoms with E-state index in [9.17, 15) is 4.79 Å². The number of carbonyl (C=O) groups excluding carboxylic acids is 1. The van der Waals surface area contributed by atoms with Crippen LogP contribution in [0.3, 0.4) is 0 Å². The number of pyridine rings is 1. The van der Waals surface area contributed by atoms with Crippen molar-refractivity contribution in [2.45, 2.75) is 20.4 Å². The van der Waals surface area contributed by atoms with Gasteiger partial charge in [0.2, 0.25) is 0 Å². The van der Waals surface area contributed by atoms with Crippen molar-refractivity contribution >= 4 is 22.8 Å². The smallest absolute Gasteiger partial charge is 0.319 e. The second-order valence-corrected chi connectivity index (χ2v) is 6.62. The van der Waals surface area contributed by atoms with Gasteiger partial charge < -0.3 is 15.2 Å². The van der Waals surface area contributed by atoms with Crippen LogP contribution in [0.15, 0.2) is 48.8 Å². The predicted octanol–water partition coefficient (Wildman–Crippen LogP) is 3.09. The molecule has 2 N–H and O–H groups in total. The third kappa shape index (κ3) is 3.32. The van der Waals surface area contributed by atoms with Gasteiger partial charge in [-0.3, -0.25) is 4.98 Å². The molecule has 0 spiro atoms. The van der Waals surface area contributed by atoms with Crippen molar-refractivity contribution in [2.75, 3.05) is 5.32 Å². The summed E-state index contributed by atoms with van der Waals surface area (Å²) in [5, 5.41) is 10.3. The molecule has 0 aliphatic rings. The molecular formula is C20H21N7O. The first-order chi connectivity index (χ1) is 13.5. The van der Waals surface area contributed by atoms with E-state index in [0.29, 0.717) is 12.2 Å². The fraction of sp³-hybridized carbons (Fsp3) is 0.200. The SMILES string of the molecule is Cc1cc(C)n(-c2ccccc2NC(=O)NCc2nc3cnccc3n2C)n1. The number of urea groups is 1. The van der Waals surface area contributed by atoms with E-state index in [1.165, 1.54) is 0 Å². The van der Waals surface area contributed by atoms with Crippen LogP contribution in [0.2, 0.25) is 0 Å². The van der Waals surface area contributed by atoms with Crippen LogP contribution in [0.5, 0.6) is 0 Å². The highest BCUT2D eigenvalue weighted by Gasteiger charge is 2.12. The number of nitrogens with one attached hydrogen (secondary N) is 2. The molecule has 0 bridgehead atoms. The number of rotatable bonds is 4. The summed E-state index contributed by atoms with van der Waals surface area (Å²) in [7, 11) is 1.92. The van der Waals surface area contributed by atoms with Crippen molar-refractivity contribution in [3.8, 4) is 5.69 Å². The molecule has 8 nitrogen and oxygen atoms in total. The fourth-order valence-corrected chi connectivity index (χ4v) is 3.22. The number of imidazole rings is 1. The molecule has 3 heterocycles. The number of aromatic nitrogens is 5. The van der Waals surface area contributed by atoms with Crippen molar-refractivity contribution in [2.24, 2.45) is 7.05 Å². The Balaban J connectivity index is 1.50. The van der Waals surface area contributed by atoms with E-state index in [4.69, 9.17) is 0 Å². The van der Waals surface area contributed by atoms with Crippen LogP contribution in [0.25, 0.3) is 16.7 Å². The molecule has 3 aromatic heterocycles. The fourth-order valence-electron chi connectivity index (χ4n) is 3.22. The third-order valence-corrected chi connectivity index (χ3v) is 4.57. The average molecular weight is 375 g/mol. The van der Waals surface area contributed by atoms with E-state index in [2.05, 4.69) is 25.7 Å². The molecule has 4 rings (SSSR count). The molecule has 4 aromatic rings. The van der Waals surface area contributed by atoms with Crippen molar-refractivity contribution in [3.63, 3.8) is 0 Å². The molecule has 1 aromatic carbocycles. The highest BCUT2D eigenvalue weighted by Crippen LogP contribution is 2.21. The molecular weight excluding hydrogens is 354 g/mol. The zero-order valence-electron chi connectivity index (χ0n) is 16.0. The lowest BCUT2D eigenvalue weighted by atomic mass is 10.2. The zero-order chi connectivity index (χ0) is 19.7. The molecule has 0 radical (unpaired) electrons.